The molecule has 0 saturated heterocycles. The van der Waals surface area contributed by atoms with E-state index in [0.717, 1.165) is 5.56 Å². The summed E-state index contributed by atoms with van der Waals surface area (Å²) in [7, 11) is 0. The van der Waals surface area contributed by atoms with Gasteiger partial charge in [-0.05, 0) is 25.8 Å². The molecule has 0 aliphatic carbocycles. The van der Waals surface area contributed by atoms with Crippen molar-refractivity contribution in [3.8, 4) is 0 Å². The summed E-state index contributed by atoms with van der Waals surface area (Å²) in [5, 5.41) is 12.7. The van der Waals surface area contributed by atoms with E-state index >= 15 is 0 Å². The molecule has 1 unspecified atom stereocenters. The molecule has 1 atom stereocenters. The molecule has 1 amide bonds. The molecule has 6 heteroatoms. The highest BCUT2D eigenvalue weighted by molar-refractivity contribution is 6.76. The summed E-state index contributed by atoms with van der Waals surface area (Å²) < 4.78 is -2.04. The Morgan fingerprint density at radius 2 is 1.79 bits per heavy atom. The molecule has 19 heavy (non-hydrogen) atoms. The molecule has 0 bridgehead atoms. The molecule has 1 aromatic rings. The molecule has 0 aromatic heterocycles. The monoisotopic (exact) mass is 323 g/mol. The van der Waals surface area contributed by atoms with E-state index in [1.807, 2.05) is 30.3 Å². The first-order valence-electron chi connectivity index (χ1n) is 5.74. The van der Waals surface area contributed by atoms with Gasteiger partial charge in [0.05, 0.1) is 11.6 Å². The summed E-state index contributed by atoms with van der Waals surface area (Å²) in [6.07, 6.45) is 0.441. The molecule has 0 aliphatic heterocycles. The summed E-state index contributed by atoms with van der Waals surface area (Å²) in [5.41, 5.74) is -0.166. The van der Waals surface area contributed by atoms with Gasteiger partial charge in [-0.3, -0.25) is 4.79 Å². The van der Waals surface area contributed by atoms with Gasteiger partial charge in [-0.1, -0.05) is 65.1 Å². The zero-order chi connectivity index (χ0) is 14.7. The highest BCUT2D eigenvalue weighted by Crippen LogP contribution is 2.27. The molecule has 2 N–H and O–H groups in total. The van der Waals surface area contributed by atoms with Gasteiger partial charge < -0.3 is 10.4 Å². The van der Waals surface area contributed by atoms with Crippen LogP contribution in [-0.4, -0.2) is 26.4 Å². The van der Waals surface area contributed by atoms with Gasteiger partial charge in [0.15, 0.2) is 0 Å². The predicted octanol–water partition coefficient (Wildman–Crippen LogP) is 2.86. The van der Waals surface area contributed by atoms with Crippen molar-refractivity contribution in [2.45, 2.75) is 35.7 Å². The lowest BCUT2D eigenvalue weighted by Gasteiger charge is -2.31. The van der Waals surface area contributed by atoms with Gasteiger partial charge in [0.2, 0.25) is 0 Å². The number of halogens is 3. The molecule has 0 spiro atoms. The van der Waals surface area contributed by atoms with Crippen molar-refractivity contribution in [1.82, 2.24) is 5.32 Å². The fraction of sp³-hybridized carbons (Fsp3) is 0.462. The zero-order valence-electron chi connectivity index (χ0n) is 10.7. The van der Waals surface area contributed by atoms with Crippen molar-refractivity contribution < 1.29 is 9.90 Å². The topological polar surface area (TPSA) is 49.3 Å². The first-order valence-corrected chi connectivity index (χ1v) is 6.88. The van der Waals surface area contributed by atoms with E-state index < -0.39 is 21.3 Å². The van der Waals surface area contributed by atoms with Gasteiger partial charge in [0.1, 0.15) is 0 Å². The van der Waals surface area contributed by atoms with Gasteiger partial charge in [-0.2, -0.15) is 0 Å². The average molecular weight is 325 g/mol. The van der Waals surface area contributed by atoms with Crippen molar-refractivity contribution in [3.05, 3.63) is 35.9 Å². The van der Waals surface area contributed by atoms with E-state index in [4.69, 9.17) is 34.8 Å². The first kappa shape index (κ1) is 16.6. The summed E-state index contributed by atoms with van der Waals surface area (Å²) in [4.78, 5) is 11.7. The van der Waals surface area contributed by atoms with Crippen LogP contribution in [0, 0.1) is 0 Å². The fourth-order valence-electron chi connectivity index (χ4n) is 1.57. The first-order chi connectivity index (χ1) is 8.60. The average Bonchev–Trinajstić information content (AvgIpc) is 2.27. The smallest absolute Gasteiger partial charge is 0.272 e. The Kier molecular flexibility index (Phi) is 5.51. The van der Waals surface area contributed by atoms with Crippen LogP contribution in [0.5, 0.6) is 0 Å². The number of nitrogens with one attached hydrogen (secondary N) is 1. The van der Waals surface area contributed by atoms with Crippen molar-refractivity contribution >= 4 is 40.7 Å². The second kappa shape index (κ2) is 6.31. The molecule has 1 aromatic carbocycles. The Morgan fingerprint density at radius 3 is 2.21 bits per heavy atom. The fourth-order valence-corrected chi connectivity index (χ4v) is 1.73. The van der Waals surface area contributed by atoms with Gasteiger partial charge in [0, 0.05) is 0 Å². The molecule has 1 rings (SSSR count). The van der Waals surface area contributed by atoms with Crippen LogP contribution in [-0.2, 0) is 11.2 Å². The minimum Gasteiger partial charge on any atom is -0.388 e. The minimum absolute atomic E-state index is 0.441. The Labute approximate surface area is 127 Å². The van der Waals surface area contributed by atoms with Crippen LogP contribution in [0.3, 0.4) is 0 Å². The number of benzene rings is 1. The van der Waals surface area contributed by atoms with E-state index in [-0.39, 0.29) is 0 Å². The van der Waals surface area contributed by atoms with Crippen LogP contribution in [0.2, 0.25) is 0 Å². The number of carbonyl (C=O) groups excluding carboxylic acids is 1. The van der Waals surface area contributed by atoms with Crippen molar-refractivity contribution in [2.75, 3.05) is 0 Å². The number of hydrogen-bond donors (Lipinski definition) is 2. The third-order valence-corrected chi connectivity index (χ3v) is 3.21. The standard InChI is InChI=1S/C13H16Cl3NO2/c1-12(2,19)10(17-11(18)13(14,15)16)8-9-6-4-3-5-7-9/h3-7,10,19H,8H2,1-2H3,(H,17,18). The van der Waals surface area contributed by atoms with Gasteiger partial charge >= 0.3 is 0 Å². The summed E-state index contributed by atoms with van der Waals surface area (Å²) in [5.74, 6) is -0.749. The van der Waals surface area contributed by atoms with E-state index in [1.165, 1.54) is 0 Å². The molecule has 3 nitrogen and oxygen atoms in total. The number of carbonyl (C=O) groups is 1. The second-order valence-electron chi connectivity index (χ2n) is 4.87. The van der Waals surface area contributed by atoms with E-state index in [2.05, 4.69) is 5.32 Å². The quantitative estimate of drug-likeness (QED) is 0.837. The Morgan fingerprint density at radius 1 is 1.26 bits per heavy atom. The highest BCUT2D eigenvalue weighted by Gasteiger charge is 2.36. The zero-order valence-corrected chi connectivity index (χ0v) is 12.9. The normalized spacial score (nSPS) is 14.0. The largest absolute Gasteiger partial charge is 0.388 e. The molecule has 0 fully saturated rings. The number of rotatable bonds is 4. The molecule has 0 saturated carbocycles. The van der Waals surface area contributed by atoms with Crippen LogP contribution in [0.25, 0.3) is 0 Å². The van der Waals surface area contributed by atoms with E-state index in [0.29, 0.717) is 6.42 Å². The summed E-state index contributed by atoms with van der Waals surface area (Å²) >= 11 is 16.6. The van der Waals surface area contributed by atoms with E-state index in [1.54, 1.807) is 13.8 Å². The third-order valence-electron chi connectivity index (χ3n) is 2.70. The minimum atomic E-state index is -2.04. The molecule has 0 heterocycles. The maximum absolute atomic E-state index is 11.7. The number of amides is 1. The number of hydrogen-bond acceptors (Lipinski definition) is 2. The molecule has 0 aliphatic rings. The Bertz CT molecular complexity index is 424. The van der Waals surface area contributed by atoms with Crippen molar-refractivity contribution in [3.63, 3.8) is 0 Å². The van der Waals surface area contributed by atoms with Crippen LogP contribution in [0.1, 0.15) is 19.4 Å². The maximum atomic E-state index is 11.7. The maximum Gasteiger partial charge on any atom is 0.272 e. The second-order valence-corrected chi connectivity index (χ2v) is 7.15. The van der Waals surface area contributed by atoms with Crippen LogP contribution in [0.4, 0.5) is 0 Å². The van der Waals surface area contributed by atoms with Crippen LogP contribution >= 0.6 is 34.8 Å². The lowest BCUT2D eigenvalue weighted by atomic mass is 9.92. The Hall–Kier alpha value is -0.480. The summed E-state index contributed by atoms with van der Waals surface area (Å²) in [6.45, 7) is 3.19. The summed E-state index contributed by atoms with van der Waals surface area (Å²) in [6, 6.07) is 8.90. The lowest BCUT2D eigenvalue weighted by Crippen LogP contribution is -2.53. The molecular formula is C13H16Cl3NO2. The van der Waals surface area contributed by atoms with Crippen LogP contribution < -0.4 is 5.32 Å². The third kappa shape index (κ3) is 5.57. The highest BCUT2D eigenvalue weighted by atomic mass is 35.6. The van der Waals surface area contributed by atoms with Gasteiger partial charge in [0.25, 0.3) is 9.70 Å². The van der Waals surface area contributed by atoms with Crippen molar-refractivity contribution in [1.29, 1.82) is 0 Å². The lowest BCUT2D eigenvalue weighted by molar-refractivity contribution is -0.122. The predicted molar refractivity (Wildman–Crippen MR) is 78.7 cm³/mol. The molecule has 106 valence electrons. The van der Waals surface area contributed by atoms with Crippen molar-refractivity contribution in [2.24, 2.45) is 0 Å². The van der Waals surface area contributed by atoms with E-state index in [9.17, 15) is 9.90 Å². The van der Waals surface area contributed by atoms with Gasteiger partial charge in [-0.25, -0.2) is 0 Å². The van der Waals surface area contributed by atoms with Crippen LogP contribution in [0.15, 0.2) is 30.3 Å². The van der Waals surface area contributed by atoms with Gasteiger partial charge in [-0.15, -0.1) is 0 Å². The number of alkyl halides is 3. The molecular weight excluding hydrogens is 309 g/mol. The molecule has 0 radical (unpaired) electrons. The number of aliphatic hydroxyl groups is 1. The SMILES string of the molecule is CC(C)(O)C(Cc1ccccc1)NC(=O)C(Cl)(Cl)Cl. The Balaban J connectivity index is 2.83.